The quantitative estimate of drug-likeness (QED) is 0.629. The van der Waals surface area contributed by atoms with Crippen molar-refractivity contribution in [3.05, 3.63) is 48.4 Å². The van der Waals surface area contributed by atoms with Crippen molar-refractivity contribution in [1.82, 2.24) is 5.32 Å². The smallest absolute Gasteiger partial charge is 0.387 e. The van der Waals surface area contributed by atoms with Gasteiger partial charge in [-0.2, -0.15) is 8.78 Å². The van der Waals surface area contributed by atoms with Gasteiger partial charge in [0.15, 0.2) is 16.9 Å². The van der Waals surface area contributed by atoms with Gasteiger partial charge in [-0.25, -0.2) is 0 Å². The van der Waals surface area contributed by atoms with Crippen LogP contribution in [0.15, 0.2) is 47.1 Å². The molecular formula is C19H24F2N3O2S+. The molecule has 1 aromatic heterocycles. The minimum absolute atomic E-state index is 0.112. The Balaban J connectivity index is 1.54. The minimum atomic E-state index is -2.83. The van der Waals surface area contributed by atoms with E-state index in [1.807, 2.05) is 12.1 Å². The number of anilines is 1. The Morgan fingerprint density at radius 1 is 1.15 bits per heavy atom. The molecule has 27 heavy (non-hydrogen) atoms. The van der Waals surface area contributed by atoms with E-state index in [-0.39, 0.29) is 11.8 Å². The van der Waals surface area contributed by atoms with Crippen LogP contribution in [0.3, 0.4) is 0 Å². The maximum absolute atomic E-state index is 12.2. The molecule has 0 saturated carbocycles. The van der Waals surface area contributed by atoms with E-state index in [2.05, 4.69) is 15.4 Å². The Morgan fingerprint density at radius 2 is 1.89 bits per heavy atom. The van der Waals surface area contributed by atoms with E-state index in [0.717, 1.165) is 18.8 Å². The highest BCUT2D eigenvalue weighted by atomic mass is 32.1. The number of hydrogen-bond acceptors (Lipinski definition) is 3. The van der Waals surface area contributed by atoms with Crippen LogP contribution in [-0.4, -0.2) is 31.4 Å². The van der Waals surface area contributed by atoms with E-state index < -0.39 is 6.61 Å². The highest BCUT2D eigenvalue weighted by Gasteiger charge is 2.28. The van der Waals surface area contributed by atoms with Crippen LogP contribution >= 0.6 is 12.2 Å². The van der Waals surface area contributed by atoms with Crippen molar-refractivity contribution in [2.75, 3.05) is 25.0 Å². The summed E-state index contributed by atoms with van der Waals surface area (Å²) in [6.45, 7) is 0.0706. The zero-order valence-electron chi connectivity index (χ0n) is 14.9. The summed E-state index contributed by atoms with van der Waals surface area (Å²) in [6, 6.07) is 10.3. The molecule has 0 radical (unpaired) electrons. The molecule has 146 valence electrons. The Hall–Kier alpha value is -2.19. The predicted octanol–water partition coefficient (Wildman–Crippen LogP) is 2.98. The molecule has 0 aliphatic carbocycles. The molecule has 0 unspecified atom stereocenters. The number of rotatable bonds is 7. The third-order valence-corrected chi connectivity index (χ3v) is 4.93. The second-order valence-electron chi connectivity index (χ2n) is 6.52. The zero-order chi connectivity index (χ0) is 19.1. The molecule has 1 fully saturated rings. The number of likely N-dealkylation sites (tertiary alicyclic amines) is 1. The lowest BCUT2D eigenvalue weighted by Crippen LogP contribution is -3.13. The lowest BCUT2D eigenvalue weighted by Gasteiger charge is -2.30. The van der Waals surface area contributed by atoms with Crippen LogP contribution in [0.2, 0.25) is 0 Å². The monoisotopic (exact) mass is 396 g/mol. The third-order valence-electron chi connectivity index (χ3n) is 4.68. The topological polar surface area (TPSA) is 50.9 Å². The van der Waals surface area contributed by atoms with Crippen LogP contribution in [0.5, 0.6) is 5.75 Å². The molecule has 1 aromatic carbocycles. The van der Waals surface area contributed by atoms with Crippen molar-refractivity contribution >= 4 is 23.0 Å². The first kappa shape index (κ1) is 19.6. The molecule has 1 atom stereocenters. The van der Waals surface area contributed by atoms with Gasteiger partial charge < -0.3 is 24.7 Å². The molecular weight excluding hydrogens is 372 g/mol. The van der Waals surface area contributed by atoms with Gasteiger partial charge in [0.05, 0.1) is 25.9 Å². The molecule has 3 rings (SSSR count). The van der Waals surface area contributed by atoms with Crippen molar-refractivity contribution in [3.8, 4) is 5.75 Å². The fourth-order valence-corrected chi connectivity index (χ4v) is 3.58. The van der Waals surface area contributed by atoms with Crippen molar-refractivity contribution < 1.29 is 22.8 Å². The SMILES string of the molecule is FC(F)Oc1ccc(NC(=S)NC[C@@H](c2ccco2)[NH+]2CCCCC2)cc1. The van der Waals surface area contributed by atoms with Gasteiger partial charge in [0, 0.05) is 5.69 Å². The first-order valence-corrected chi connectivity index (χ1v) is 9.50. The van der Waals surface area contributed by atoms with E-state index in [0.29, 0.717) is 17.3 Å². The molecule has 2 heterocycles. The van der Waals surface area contributed by atoms with Crippen molar-refractivity contribution in [2.45, 2.75) is 31.9 Å². The Bertz CT molecular complexity index is 704. The third kappa shape index (κ3) is 5.90. The average Bonchev–Trinajstić information content (AvgIpc) is 3.18. The second-order valence-corrected chi connectivity index (χ2v) is 6.93. The highest BCUT2D eigenvalue weighted by Crippen LogP contribution is 2.18. The number of nitrogens with one attached hydrogen (secondary N) is 3. The number of benzene rings is 1. The fraction of sp³-hybridized carbons (Fsp3) is 0.421. The molecule has 1 saturated heterocycles. The van der Waals surface area contributed by atoms with Gasteiger partial charge in [-0.05, 0) is 67.9 Å². The lowest BCUT2D eigenvalue weighted by molar-refractivity contribution is -0.936. The number of piperidine rings is 1. The van der Waals surface area contributed by atoms with Gasteiger partial charge in [0.2, 0.25) is 0 Å². The Morgan fingerprint density at radius 3 is 2.52 bits per heavy atom. The number of halogens is 2. The van der Waals surface area contributed by atoms with Crippen LogP contribution in [0.1, 0.15) is 31.1 Å². The van der Waals surface area contributed by atoms with Crippen LogP contribution < -0.4 is 20.3 Å². The molecule has 0 amide bonds. The summed E-state index contributed by atoms with van der Waals surface area (Å²) in [6.07, 6.45) is 5.43. The number of thiocarbonyl (C=S) groups is 1. The number of quaternary nitrogens is 1. The van der Waals surface area contributed by atoms with Crippen LogP contribution in [0.25, 0.3) is 0 Å². The summed E-state index contributed by atoms with van der Waals surface area (Å²) in [5, 5.41) is 6.79. The van der Waals surface area contributed by atoms with Crippen molar-refractivity contribution in [1.29, 1.82) is 0 Å². The highest BCUT2D eigenvalue weighted by molar-refractivity contribution is 7.80. The van der Waals surface area contributed by atoms with Gasteiger partial charge in [0.1, 0.15) is 5.75 Å². The van der Waals surface area contributed by atoms with Gasteiger partial charge >= 0.3 is 6.61 Å². The van der Waals surface area contributed by atoms with Gasteiger partial charge in [-0.15, -0.1) is 0 Å². The summed E-state index contributed by atoms with van der Waals surface area (Å²) < 4.78 is 34.4. The van der Waals surface area contributed by atoms with Gasteiger partial charge in [-0.1, -0.05) is 0 Å². The van der Waals surface area contributed by atoms with E-state index >= 15 is 0 Å². The largest absolute Gasteiger partial charge is 0.463 e. The van der Waals surface area contributed by atoms with E-state index in [9.17, 15) is 8.78 Å². The normalized spacial score (nSPS) is 16.1. The number of hydrogen-bond donors (Lipinski definition) is 3. The summed E-state index contributed by atoms with van der Waals surface area (Å²) >= 11 is 5.37. The molecule has 0 bridgehead atoms. The number of furan rings is 1. The summed E-state index contributed by atoms with van der Waals surface area (Å²) in [4.78, 5) is 1.50. The molecule has 3 N–H and O–H groups in total. The van der Waals surface area contributed by atoms with Crippen LogP contribution in [0, 0.1) is 0 Å². The lowest BCUT2D eigenvalue weighted by atomic mass is 10.1. The van der Waals surface area contributed by atoms with E-state index in [4.69, 9.17) is 16.6 Å². The molecule has 2 aromatic rings. The summed E-state index contributed by atoms with van der Waals surface area (Å²) in [5.41, 5.74) is 0.703. The molecule has 1 aliphatic heterocycles. The van der Waals surface area contributed by atoms with E-state index in [1.165, 1.54) is 36.3 Å². The predicted molar refractivity (Wildman–Crippen MR) is 103 cm³/mol. The summed E-state index contributed by atoms with van der Waals surface area (Å²) in [5.74, 6) is 1.07. The minimum Gasteiger partial charge on any atom is -0.463 e. The second kappa shape index (κ2) is 9.66. The number of alkyl halides is 2. The molecule has 1 aliphatic rings. The van der Waals surface area contributed by atoms with Crippen LogP contribution in [-0.2, 0) is 0 Å². The zero-order valence-corrected chi connectivity index (χ0v) is 15.7. The first-order chi connectivity index (χ1) is 13.1. The van der Waals surface area contributed by atoms with Crippen LogP contribution in [0.4, 0.5) is 14.5 Å². The first-order valence-electron chi connectivity index (χ1n) is 9.09. The van der Waals surface area contributed by atoms with Crippen molar-refractivity contribution in [3.63, 3.8) is 0 Å². The Kier molecular flexibility index (Phi) is 7.00. The standard InChI is InChI=1S/C19H23F2N3O2S/c20-18(21)26-15-8-6-14(7-9-15)23-19(27)22-13-16(17-5-4-12-25-17)24-10-2-1-3-11-24/h4-9,12,16,18H,1-3,10-11,13H2,(H2,22,23,27)/p+1/t16-/m0/s1. The van der Waals surface area contributed by atoms with Gasteiger partial charge in [0.25, 0.3) is 0 Å². The maximum atomic E-state index is 12.2. The number of ether oxygens (including phenoxy) is 1. The fourth-order valence-electron chi connectivity index (χ4n) is 3.38. The molecule has 0 spiro atoms. The average molecular weight is 396 g/mol. The maximum Gasteiger partial charge on any atom is 0.387 e. The molecule has 8 heteroatoms. The molecule has 5 nitrogen and oxygen atoms in total. The summed E-state index contributed by atoms with van der Waals surface area (Å²) in [7, 11) is 0. The Labute approximate surface area is 162 Å². The van der Waals surface area contributed by atoms with Gasteiger partial charge in [-0.3, -0.25) is 0 Å². The van der Waals surface area contributed by atoms with E-state index in [1.54, 1.807) is 18.4 Å². The van der Waals surface area contributed by atoms with Crippen molar-refractivity contribution in [2.24, 2.45) is 0 Å².